The third-order valence-electron chi connectivity index (χ3n) is 1.98. The molecule has 1 rings (SSSR count). The van der Waals surface area contributed by atoms with Gasteiger partial charge < -0.3 is 10.1 Å². The number of likely N-dealkylation sites (N-methyl/N-ethyl adjacent to an activating group) is 1. The van der Waals surface area contributed by atoms with E-state index in [1.807, 2.05) is 25.2 Å². The highest BCUT2D eigenvalue weighted by molar-refractivity contribution is 5.27. The van der Waals surface area contributed by atoms with E-state index in [-0.39, 0.29) is 0 Å². The van der Waals surface area contributed by atoms with Gasteiger partial charge in [0.15, 0.2) is 0 Å². The number of rotatable bonds is 4. The number of aryl methyl sites for hydroxylation is 1. The highest BCUT2D eigenvalue weighted by atomic mass is 16.5. The third kappa shape index (κ3) is 3.47. The van der Waals surface area contributed by atoms with E-state index in [9.17, 15) is 0 Å². The van der Waals surface area contributed by atoms with Gasteiger partial charge in [0.1, 0.15) is 12.4 Å². The molecule has 0 amide bonds. The zero-order chi connectivity index (χ0) is 9.68. The van der Waals surface area contributed by atoms with Gasteiger partial charge in [-0.25, -0.2) is 0 Å². The fourth-order valence-corrected chi connectivity index (χ4v) is 1.01. The molecule has 1 aromatic carbocycles. The van der Waals surface area contributed by atoms with E-state index in [0.717, 1.165) is 5.75 Å². The minimum Gasteiger partial charge on any atom is -0.492 e. The molecule has 1 unspecified atom stereocenters. The van der Waals surface area contributed by atoms with Gasteiger partial charge in [0.25, 0.3) is 0 Å². The minimum absolute atomic E-state index is 0.389. The molecule has 0 aromatic heterocycles. The Morgan fingerprint density at radius 2 is 2.23 bits per heavy atom. The summed E-state index contributed by atoms with van der Waals surface area (Å²) < 4.78 is 5.58. The standard InChI is InChI=1S/C11H17NO/c1-9-5-4-6-11(7-9)13-8-10(2)12-3/h4-7,10,12H,8H2,1-3H3. The summed E-state index contributed by atoms with van der Waals surface area (Å²) in [4.78, 5) is 0. The van der Waals surface area contributed by atoms with Gasteiger partial charge in [0.05, 0.1) is 0 Å². The number of nitrogens with one attached hydrogen (secondary N) is 1. The first-order valence-electron chi connectivity index (χ1n) is 4.59. The molecule has 0 saturated heterocycles. The summed E-state index contributed by atoms with van der Waals surface area (Å²) in [6.07, 6.45) is 0. The quantitative estimate of drug-likeness (QED) is 0.763. The Hall–Kier alpha value is -1.02. The molecule has 0 heterocycles. The maximum atomic E-state index is 5.58. The fraction of sp³-hybridized carbons (Fsp3) is 0.455. The monoisotopic (exact) mass is 179 g/mol. The van der Waals surface area contributed by atoms with Gasteiger partial charge in [0, 0.05) is 6.04 Å². The van der Waals surface area contributed by atoms with Crippen LogP contribution in [0.1, 0.15) is 12.5 Å². The van der Waals surface area contributed by atoms with Gasteiger partial charge in [-0.2, -0.15) is 0 Å². The number of ether oxygens (including phenoxy) is 1. The van der Waals surface area contributed by atoms with Gasteiger partial charge in [-0.05, 0) is 38.6 Å². The van der Waals surface area contributed by atoms with Crippen molar-refractivity contribution in [3.05, 3.63) is 29.8 Å². The molecule has 0 radical (unpaired) electrons. The third-order valence-corrected chi connectivity index (χ3v) is 1.98. The van der Waals surface area contributed by atoms with Crippen molar-refractivity contribution in [2.24, 2.45) is 0 Å². The number of hydrogen-bond acceptors (Lipinski definition) is 2. The van der Waals surface area contributed by atoms with Crippen molar-refractivity contribution in [3.8, 4) is 5.75 Å². The Labute approximate surface area is 79.9 Å². The Kier molecular flexibility index (Phi) is 3.77. The lowest BCUT2D eigenvalue weighted by molar-refractivity contribution is 0.280. The molecular formula is C11H17NO. The topological polar surface area (TPSA) is 21.3 Å². The molecule has 13 heavy (non-hydrogen) atoms. The van der Waals surface area contributed by atoms with Crippen LogP contribution in [0, 0.1) is 6.92 Å². The van der Waals surface area contributed by atoms with E-state index in [1.54, 1.807) is 0 Å². The van der Waals surface area contributed by atoms with Crippen molar-refractivity contribution < 1.29 is 4.74 Å². The molecule has 2 heteroatoms. The molecule has 72 valence electrons. The smallest absolute Gasteiger partial charge is 0.119 e. The van der Waals surface area contributed by atoms with Crippen molar-refractivity contribution in [2.75, 3.05) is 13.7 Å². The summed E-state index contributed by atoms with van der Waals surface area (Å²) in [6, 6.07) is 8.49. The highest BCUT2D eigenvalue weighted by Gasteiger charge is 1.98. The maximum absolute atomic E-state index is 5.58. The van der Waals surface area contributed by atoms with Crippen molar-refractivity contribution in [2.45, 2.75) is 19.9 Å². The predicted molar refractivity (Wildman–Crippen MR) is 55.2 cm³/mol. The summed E-state index contributed by atoms with van der Waals surface area (Å²) in [7, 11) is 1.93. The minimum atomic E-state index is 0.389. The first-order chi connectivity index (χ1) is 6.22. The van der Waals surface area contributed by atoms with E-state index < -0.39 is 0 Å². The van der Waals surface area contributed by atoms with E-state index in [1.165, 1.54) is 5.56 Å². The zero-order valence-corrected chi connectivity index (χ0v) is 8.50. The van der Waals surface area contributed by atoms with E-state index in [4.69, 9.17) is 4.74 Å². The predicted octanol–water partition coefficient (Wildman–Crippen LogP) is 1.98. The molecule has 1 aromatic rings. The fourth-order valence-electron chi connectivity index (χ4n) is 1.01. The van der Waals surface area contributed by atoms with E-state index in [0.29, 0.717) is 12.6 Å². The Morgan fingerprint density at radius 3 is 2.85 bits per heavy atom. The molecular weight excluding hydrogens is 162 g/mol. The van der Waals surface area contributed by atoms with Crippen molar-refractivity contribution in [1.82, 2.24) is 5.32 Å². The second-order valence-corrected chi connectivity index (χ2v) is 3.32. The first kappa shape index (κ1) is 10.1. The molecule has 0 bridgehead atoms. The first-order valence-corrected chi connectivity index (χ1v) is 4.59. The molecule has 2 nitrogen and oxygen atoms in total. The normalized spacial score (nSPS) is 12.5. The van der Waals surface area contributed by atoms with Crippen LogP contribution in [0.15, 0.2) is 24.3 Å². The molecule has 0 saturated carbocycles. The molecule has 0 aliphatic rings. The van der Waals surface area contributed by atoms with Crippen LogP contribution in [0.25, 0.3) is 0 Å². The average Bonchev–Trinajstić information content (AvgIpc) is 2.14. The van der Waals surface area contributed by atoms with Gasteiger partial charge >= 0.3 is 0 Å². The number of benzene rings is 1. The Morgan fingerprint density at radius 1 is 1.46 bits per heavy atom. The van der Waals surface area contributed by atoms with Gasteiger partial charge in [-0.3, -0.25) is 0 Å². The zero-order valence-electron chi connectivity index (χ0n) is 8.50. The lowest BCUT2D eigenvalue weighted by Gasteiger charge is -2.12. The van der Waals surface area contributed by atoms with Crippen LogP contribution in [0.4, 0.5) is 0 Å². The Balaban J connectivity index is 2.45. The maximum Gasteiger partial charge on any atom is 0.119 e. The largest absolute Gasteiger partial charge is 0.492 e. The summed E-state index contributed by atoms with van der Waals surface area (Å²) >= 11 is 0. The number of hydrogen-bond donors (Lipinski definition) is 1. The second kappa shape index (κ2) is 4.87. The molecule has 0 aliphatic heterocycles. The molecule has 0 spiro atoms. The summed E-state index contributed by atoms with van der Waals surface area (Å²) in [5.74, 6) is 0.946. The van der Waals surface area contributed by atoms with Gasteiger partial charge in [0.2, 0.25) is 0 Å². The summed E-state index contributed by atoms with van der Waals surface area (Å²) in [5, 5.41) is 3.12. The lowest BCUT2D eigenvalue weighted by atomic mass is 10.2. The summed E-state index contributed by atoms with van der Waals surface area (Å²) in [5.41, 5.74) is 1.23. The highest BCUT2D eigenvalue weighted by Crippen LogP contribution is 2.12. The van der Waals surface area contributed by atoms with E-state index >= 15 is 0 Å². The average molecular weight is 179 g/mol. The van der Waals surface area contributed by atoms with Crippen LogP contribution in [0.5, 0.6) is 5.75 Å². The Bertz CT molecular complexity index is 260. The van der Waals surface area contributed by atoms with Crippen LogP contribution in [0.3, 0.4) is 0 Å². The van der Waals surface area contributed by atoms with Crippen LogP contribution in [-0.2, 0) is 0 Å². The summed E-state index contributed by atoms with van der Waals surface area (Å²) in [6.45, 7) is 4.87. The van der Waals surface area contributed by atoms with Crippen LogP contribution >= 0.6 is 0 Å². The molecule has 0 aliphatic carbocycles. The van der Waals surface area contributed by atoms with Crippen molar-refractivity contribution in [1.29, 1.82) is 0 Å². The lowest BCUT2D eigenvalue weighted by Crippen LogP contribution is -2.28. The SMILES string of the molecule is CNC(C)COc1cccc(C)c1. The molecule has 0 fully saturated rings. The van der Waals surface area contributed by atoms with Crippen LogP contribution in [0.2, 0.25) is 0 Å². The van der Waals surface area contributed by atoms with Crippen molar-refractivity contribution >= 4 is 0 Å². The van der Waals surface area contributed by atoms with Gasteiger partial charge in [-0.15, -0.1) is 0 Å². The van der Waals surface area contributed by atoms with Crippen LogP contribution in [-0.4, -0.2) is 19.7 Å². The van der Waals surface area contributed by atoms with E-state index in [2.05, 4.69) is 25.2 Å². The van der Waals surface area contributed by atoms with Gasteiger partial charge in [-0.1, -0.05) is 12.1 Å². The van der Waals surface area contributed by atoms with Crippen LogP contribution < -0.4 is 10.1 Å². The molecule has 1 atom stereocenters. The van der Waals surface area contributed by atoms with Crippen molar-refractivity contribution in [3.63, 3.8) is 0 Å². The molecule has 1 N–H and O–H groups in total. The second-order valence-electron chi connectivity index (χ2n) is 3.32.